The third kappa shape index (κ3) is 13.9. The molecule has 0 aromatic rings. The molecule has 0 bridgehead atoms. The van der Waals surface area contributed by atoms with Crippen molar-refractivity contribution in [1.82, 2.24) is 0 Å². The van der Waals surface area contributed by atoms with E-state index in [0.717, 1.165) is 0 Å². The minimum atomic E-state index is -1.40. The zero-order chi connectivity index (χ0) is 8.41. The van der Waals surface area contributed by atoms with Gasteiger partial charge in [-0.2, -0.15) is 0 Å². The van der Waals surface area contributed by atoms with Crippen LogP contribution in [0, 0.1) is 0 Å². The van der Waals surface area contributed by atoms with Gasteiger partial charge in [-0.05, 0) is 27.9 Å². The van der Waals surface area contributed by atoms with E-state index in [9.17, 15) is 0 Å². The molecule has 0 aromatic heterocycles. The van der Waals surface area contributed by atoms with Gasteiger partial charge >= 0.3 is 18.9 Å². The second-order valence-electron chi connectivity index (χ2n) is 4.47. The standard InChI is InChI=1S/C6H18NOSi2.Li/c1-9(2,3)7-8-10(4,5)6;/h1-6H3;/q-1;+1. The second kappa shape index (κ2) is 4.85. The average Bonchev–Trinajstić information content (AvgIpc) is 1.57. The monoisotopic (exact) mass is 183 g/mol. The van der Waals surface area contributed by atoms with Gasteiger partial charge in [-0.25, -0.2) is 0 Å². The van der Waals surface area contributed by atoms with Crippen molar-refractivity contribution < 1.29 is 23.4 Å². The first-order chi connectivity index (χ1) is 4.21. The summed E-state index contributed by atoms with van der Waals surface area (Å²) in [6.45, 7) is 13.0. The van der Waals surface area contributed by atoms with Crippen LogP contribution in [0.25, 0.3) is 5.15 Å². The van der Waals surface area contributed by atoms with Crippen molar-refractivity contribution in [2.45, 2.75) is 39.3 Å². The first-order valence-corrected chi connectivity index (χ1v) is 10.5. The van der Waals surface area contributed by atoms with Crippen LogP contribution in [-0.4, -0.2) is 16.6 Å². The molecule has 0 N–H and O–H groups in total. The SMILES string of the molecule is C[Si](C)(C)[N-]O[Si](C)(C)C.[Li+]. The molecule has 0 spiro atoms. The largest absolute Gasteiger partial charge is 1.00 e. The van der Waals surface area contributed by atoms with E-state index < -0.39 is 16.6 Å². The second-order valence-corrected chi connectivity index (χ2v) is 13.4. The molecular weight excluding hydrogens is 165 g/mol. The number of rotatable bonds is 3. The van der Waals surface area contributed by atoms with E-state index in [4.69, 9.17) is 4.53 Å². The Bertz CT molecular complexity index is 94.1. The molecule has 0 fully saturated rings. The normalized spacial score (nSPS) is 12.5. The molecule has 0 saturated carbocycles. The quantitative estimate of drug-likeness (QED) is 0.445. The minimum Gasteiger partial charge on any atom is -0.550 e. The van der Waals surface area contributed by atoms with Gasteiger partial charge in [0.15, 0.2) is 8.32 Å². The number of hydrogen-bond acceptors (Lipinski definition) is 1. The van der Waals surface area contributed by atoms with E-state index in [1.807, 2.05) is 0 Å². The van der Waals surface area contributed by atoms with Gasteiger partial charge in [-0.3, -0.25) is 0 Å². The van der Waals surface area contributed by atoms with Crippen LogP contribution in [0.15, 0.2) is 0 Å². The van der Waals surface area contributed by atoms with Crippen LogP contribution < -0.4 is 18.9 Å². The van der Waals surface area contributed by atoms with Gasteiger partial charge < -0.3 is 9.67 Å². The predicted octanol–water partition coefficient (Wildman–Crippen LogP) is -0.0345. The molecule has 62 valence electrons. The van der Waals surface area contributed by atoms with E-state index in [2.05, 4.69) is 44.4 Å². The van der Waals surface area contributed by atoms with Gasteiger partial charge in [0.05, 0.1) is 0 Å². The van der Waals surface area contributed by atoms with E-state index >= 15 is 0 Å². The Labute approximate surface area is 84.4 Å². The van der Waals surface area contributed by atoms with Gasteiger partial charge in [0.1, 0.15) is 0 Å². The summed E-state index contributed by atoms with van der Waals surface area (Å²) in [4.78, 5) is 0. The van der Waals surface area contributed by atoms with Gasteiger partial charge in [0.2, 0.25) is 0 Å². The molecule has 0 saturated heterocycles. The summed E-state index contributed by atoms with van der Waals surface area (Å²) in [5.74, 6) is 0. The Hall–Kier alpha value is 0.951. The zero-order valence-electron chi connectivity index (χ0n) is 8.86. The van der Waals surface area contributed by atoms with E-state index in [1.54, 1.807) is 0 Å². The van der Waals surface area contributed by atoms with Crippen molar-refractivity contribution in [3.05, 3.63) is 5.15 Å². The fourth-order valence-electron chi connectivity index (χ4n) is 0.274. The van der Waals surface area contributed by atoms with E-state index in [-0.39, 0.29) is 18.9 Å². The number of hydrogen-bond donors (Lipinski definition) is 0. The molecule has 2 nitrogen and oxygen atoms in total. The maximum absolute atomic E-state index is 5.42. The third-order valence-corrected chi connectivity index (χ3v) is 2.05. The minimum absolute atomic E-state index is 0. The van der Waals surface area contributed by atoms with Gasteiger partial charge in [0, 0.05) is 0 Å². The van der Waals surface area contributed by atoms with Crippen LogP contribution in [0.3, 0.4) is 0 Å². The van der Waals surface area contributed by atoms with Crippen LogP contribution >= 0.6 is 0 Å². The van der Waals surface area contributed by atoms with Gasteiger partial charge in [-0.1, -0.05) is 19.6 Å². The Morgan fingerprint density at radius 1 is 0.909 bits per heavy atom. The maximum atomic E-state index is 5.42. The molecule has 0 heterocycles. The zero-order valence-corrected chi connectivity index (χ0v) is 10.9. The summed E-state index contributed by atoms with van der Waals surface area (Å²) in [6, 6.07) is 0. The summed E-state index contributed by atoms with van der Waals surface area (Å²) < 4.78 is 5.42. The van der Waals surface area contributed by atoms with Crippen molar-refractivity contribution in [3.8, 4) is 0 Å². The van der Waals surface area contributed by atoms with Crippen LogP contribution in [0.1, 0.15) is 0 Å². The smallest absolute Gasteiger partial charge is 0.550 e. The van der Waals surface area contributed by atoms with Crippen LogP contribution in [0.4, 0.5) is 0 Å². The number of nitrogens with zero attached hydrogens (tertiary/aromatic N) is 1. The molecule has 0 atom stereocenters. The Balaban J connectivity index is 0. The summed E-state index contributed by atoms with van der Waals surface area (Å²) in [6.07, 6.45) is 0. The topological polar surface area (TPSA) is 23.3 Å². The van der Waals surface area contributed by atoms with E-state index in [1.165, 1.54) is 0 Å². The molecule has 0 aliphatic heterocycles. The molecule has 0 rings (SSSR count). The average molecular weight is 183 g/mol. The summed E-state index contributed by atoms with van der Waals surface area (Å²) in [5, 5.41) is 4.23. The first kappa shape index (κ1) is 14.5. The van der Waals surface area contributed by atoms with Crippen molar-refractivity contribution in [2.24, 2.45) is 0 Å². The summed E-state index contributed by atoms with van der Waals surface area (Å²) in [5.41, 5.74) is 0. The first-order valence-electron chi connectivity index (χ1n) is 3.61. The predicted molar refractivity (Wildman–Crippen MR) is 51.1 cm³/mol. The Kier molecular flexibility index (Phi) is 6.38. The van der Waals surface area contributed by atoms with Gasteiger partial charge in [-0.15, -0.1) is 0 Å². The maximum Gasteiger partial charge on any atom is 1.00 e. The molecular formula is C6H18LiNOSi2. The van der Waals surface area contributed by atoms with Gasteiger partial charge in [0.25, 0.3) is 0 Å². The summed E-state index contributed by atoms with van der Waals surface area (Å²) >= 11 is 0. The summed E-state index contributed by atoms with van der Waals surface area (Å²) in [7, 11) is -2.73. The van der Waals surface area contributed by atoms with Crippen LogP contribution in [-0.2, 0) is 4.53 Å². The third-order valence-electron chi connectivity index (χ3n) is 0.593. The molecule has 5 heteroatoms. The fraction of sp³-hybridized carbons (Fsp3) is 1.00. The van der Waals surface area contributed by atoms with Crippen molar-refractivity contribution >= 4 is 16.6 Å². The Morgan fingerprint density at radius 2 is 1.27 bits per heavy atom. The molecule has 0 aliphatic carbocycles. The fourth-order valence-corrected chi connectivity index (χ4v) is 2.46. The van der Waals surface area contributed by atoms with Crippen molar-refractivity contribution in [1.29, 1.82) is 0 Å². The Morgan fingerprint density at radius 3 is 1.36 bits per heavy atom. The molecule has 11 heavy (non-hydrogen) atoms. The van der Waals surface area contributed by atoms with E-state index in [0.29, 0.717) is 0 Å². The molecule has 0 amide bonds. The van der Waals surface area contributed by atoms with Crippen molar-refractivity contribution in [2.75, 3.05) is 0 Å². The molecule has 0 unspecified atom stereocenters. The van der Waals surface area contributed by atoms with Crippen LogP contribution in [0.2, 0.25) is 39.3 Å². The van der Waals surface area contributed by atoms with Crippen LogP contribution in [0.5, 0.6) is 0 Å². The molecule has 0 radical (unpaired) electrons. The molecule has 0 aliphatic rings. The molecule has 0 aromatic carbocycles. The van der Waals surface area contributed by atoms with Crippen molar-refractivity contribution in [3.63, 3.8) is 0 Å².